The van der Waals surface area contributed by atoms with Crippen LogP contribution in [0.1, 0.15) is 46.0 Å². The van der Waals surface area contributed by atoms with Crippen LogP contribution in [0.4, 0.5) is 0 Å². The van der Waals surface area contributed by atoms with Crippen molar-refractivity contribution in [3.63, 3.8) is 0 Å². The highest BCUT2D eigenvalue weighted by molar-refractivity contribution is 6.73. The maximum Gasteiger partial charge on any atom is 0.610 e. The molecule has 0 aromatic heterocycles. The van der Waals surface area contributed by atoms with Crippen LogP contribution in [0.3, 0.4) is 0 Å². The van der Waals surface area contributed by atoms with Crippen LogP contribution in [0.15, 0.2) is 12.1 Å². The second-order valence-electron chi connectivity index (χ2n) is 7.06. The van der Waals surface area contributed by atoms with Crippen LogP contribution in [-0.4, -0.2) is 42.2 Å². The Hall–Kier alpha value is -1.30. The first-order valence-corrected chi connectivity index (χ1v) is 8.01. The molecule has 3 fully saturated rings. The number of nitrogens with zero attached hydrogens (tertiary/aromatic N) is 1. The lowest BCUT2D eigenvalue weighted by atomic mass is 9.59. The second kappa shape index (κ2) is 4.87. The van der Waals surface area contributed by atoms with E-state index in [2.05, 4.69) is 13.5 Å². The maximum absolute atomic E-state index is 12.0. The van der Waals surface area contributed by atoms with Crippen molar-refractivity contribution in [2.45, 2.75) is 52.0 Å². The number of allylic oxidation sites excluding steroid dienone is 1. The third-order valence-electron chi connectivity index (χ3n) is 5.87. The summed E-state index contributed by atoms with van der Waals surface area (Å²) in [7, 11) is 0. The predicted octanol–water partition coefficient (Wildman–Crippen LogP) is 1.94. The number of quaternary nitrogens is 1. The van der Waals surface area contributed by atoms with Crippen molar-refractivity contribution < 1.29 is 23.3 Å². The first kappa shape index (κ1) is 14.6. The first-order valence-electron chi connectivity index (χ1n) is 8.01. The summed E-state index contributed by atoms with van der Waals surface area (Å²) in [5, 5.41) is 0. The molecular weight excluding hydrogens is 269 g/mol. The summed E-state index contributed by atoms with van der Waals surface area (Å²) in [5.41, 5.74) is 0.661. The summed E-state index contributed by atoms with van der Waals surface area (Å²) in [6, 6.07) is 0.180. The molecule has 3 aliphatic rings. The van der Waals surface area contributed by atoms with Gasteiger partial charge in [-0.2, -0.15) is 0 Å². The van der Waals surface area contributed by atoms with Crippen molar-refractivity contribution in [2.75, 3.05) is 13.1 Å². The molecule has 0 N–H and O–H groups in total. The van der Waals surface area contributed by atoms with Crippen molar-refractivity contribution in [3.05, 3.63) is 12.1 Å². The van der Waals surface area contributed by atoms with Crippen molar-refractivity contribution in [3.8, 4) is 0 Å². The third-order valence-corrected chi connectivity index (χ3v) is 5.87. The molecule has 5 nitrogen and oxygen atoms in total. The molecule has 2 heterocycles. The molecular formula is C15H24BNO4. The van der Waals surface area contributed by atoms with E-state index in [1.807, 2.05) is 0 Å². The van der Waals surface area contributed by atoms with E-state index in [4.69, 9.17) is 9.31 Å². The van der Waals surface area contributed by atoms with Gasteiger partial charge in [0, 0.05) is 5.92 Å². The highest BCUT2D eigenvalue weighted by Crippen LogP contribution is 2.45. The Morgan fingerprint density at radius 3 is 2.19 bits per heavy atom. The Kier molecular flexibility index (Phi) is 3.39. The summed E-state index contributed by atoms with van der Waals surface area (Å²) >= 11 is 0. The van der Waals surface area contributed by atoms with Gasteiger partial charge in [-0.15, -0.1) is 6.58 Å². The second-order valence-corrected chi connectivity index (χ2v) is 7.06. The molecule has 0 amide bonds. The first-order chi connectivity index (χ1) is 9.91. The van der Waals surface area contributed by atoms with Gasteiger partial charge in [0.05, 0.1) is 6.04 Å². The number of hydrogen-bond donors (Lipinski definition) is 0. The fourth-order valence-corrected chi connectivity index (χ4v) is 4.72. The molecule has 6 heteroatoms. The van der Waals surface area contributed by atoms with E-state index in [1.54, 1.807) is 6.92 Å². The van der Waals surface area contributed by atoms with E-state index in [9.17, 15) is 9.59 Å². The quantitative estimate of drug-likeness (QED) is 0.746. The molecule has 1 atom stereocenters. The fourth-order valence-electron chi connectivity index (χ4n) is 4.72. The molecule has 2 aliphatic heterocycles. The van der Waals surface area contributed by atoms with Gasteiger partial charge in [0.2, 0.25) is 0 Å². The van der Waals surface area contributed by atoms with Gasteiger partial charge in [-0.25, -0.2) is 0 Å². The molecule has 0 aromatic carbocycles. The molecule has 1 aliphatic carbocycles. The molecule has 2 saturated heterocycles. The number of fused-ring (bicyclic) bond motifs is 1. The number of rotatable bonds is 3. The normalized spacial score (nSPS) is 37.8. The van der Waals surface area contributed by atoms with Crippen LogP contribution in [-0.2, 0) is 18.9 Å². The monoisotopic (exact) mass is 293 g/mol. The number of carbonyl (C=O) groups is 2. The van der Waals surface area contributed by atoms with Crippen LogP contribution in [0.5, 0.6) is 0 Å². The fraction of sp³-hybridized carbons (Fsp3) is 0.733. The smallest absolute Gasteiger partial charge is 0.596 e. The topological polar surface area (TPSA) is 52.6 Å². The largest absolute Gasteiger partial charge is 0.610 e. The van der Waals surface area contributed by atoms with Crippen LogP contribution in [0.25, 0.3) is 0 Å². The lowest BCUT2D eigenvalue weighted by molar-refractivity contribution is -0.844. The molecule has 0 spiro atoms. The summed E-state index contributed by atoms with van der Waals surface area (Å²) in [6.45, 7) is 6.31. The Morgan fingerprint density at radius 1 is 1.19 bits per heavy atom. The van der Waals surface area contributed by atoms with E-state index >= 15 is 0 Å². The minimum atomic E-state index is -2.08. The molecule has 0 bridgehead atoms. The van der Waals surface area contributed by atoms with Crippen molar-refractivity contribution in [2.24, 2.45) is 5.92 Å². The van der Waals surface area contributed by atoms with Gasteiger partial charge in [0.15, 0.2) is 0 Å². The SMILES string of the molecule is C=C(C)[B-]12OC(=O)C[N+]1(C(C)C1CCCCC1)CC(=O)O2. The molecule has 1 unspecified atom stereocenters. The average Bonchev–Trinajstić information content (AvgIpc) is 2.87. The third kappa shape index (κ3) is 1.95. The minimum Gasteiger partial charge on any atom is -0.596 e. The summed E-state index contributed by atoms with van der Waals surface area (Å²) in [5.74, 6) is -0.0235. The van der Waals surface area contributed by atoms with E-state index in [0.717, 1.165) is 12.8 Å². The predicted molar refractivity (Wildman–Crippen MR) is 78.8 cm³/mol. The van der Waals surface area contributed by atoms with Gasteiger partial charge < -0.3 is 13.7 Å². The molecule has 0 radical (unpaired) electrons. The van der Waals surface area contributed by atoms with Gasteiger partial charge in [0.1, 0.15) is 13.1 Å². The standard InChI is InChI=1S/C15H24BNO4/c1-11(2)16-17(9-14(18)20-16,10-15(19)21-16)12(3)13-7-5-4-6-8-13/h12-13H,1,4-10H2,2-3H3. The van der Waals surface area contributed by atoms with Gasteiger partial charge >= 0.3 is 18.6 Å². The highest BCUT2D eigenvalue weighted by atomic mass is 16.7. The zero-order chi connectivity index (χ0) is 15.3. The van der Waals surface area contributed by atoms with E-state index < -0.39 is 6.69 Å². The average molecular weight is 293 g/mol. The minimum absolute atomic E-state index is 0.180. The zero-order valence-corrected chi connectivity index (χ0v) is 13.0. The molecule has 0 aromatic rings. The van der Waals surface area contributed by atoms with Crippen LogP contribution >= 0.6 is 0 Å². The van der Waals surface area contributed by atoms with Crippen molar-refractivity contribution >= 4 is 18.6 Å². The Bertz CT molecular complexity index is 478. The van der Waals surface area contributed by atoms with Gasteiger partial charge in [-0.1, -0.05) is 31.7 Å². The maximum atomic E-state index is 12.0. The highest BCUT2D eigenvalue weighted by Gasteiger charge is 2.69. The number of hydrogen-bond acceptors (Lipinski definition) is 4. The molecule has 1 saturated carbocycles. The van der Waals surface area contributed by atoms with Crippen molar-refractivity contribution in [1.29, 1.82) is 0 Å². The Morgan fingerprint density at radius 2 is 1.71 bits per heavy atom. The lowest BCUT2D eigenvalue weighted by Crippen LogP contribution is -2.68. The van der Waals surface area contributed by atoms with E-state index in [1.165, 1.54) is 19.3 Å². The molecule has 116 valence electrons. The summed E-state index contributed by atoms with van der Waals surface area (Å²) in [6.07, 6.45) is 6.06. The van der Waals surface area contributed by atoms with Crippen molar-refractivity contribution in [1.82, 2.24) is 0 Å². The van der Waals surface area contributed by atoms with Gasteiger partial charge in [0.25, 0.3) is 0 Å². The lowest BCUT2D eigenvalue weighted by Gasteiger charge is -2.51. The van der Waals surface area contributed by atoms with Gasteiger partial charge in [-0.05, 0) is 19.8 Å². The summed E-state index contributed by atoms with van der Waals surface area (Å²) in [4.78, 5) is 24.0. The zero-order valence-electron chi connectivity index (χ0n) is 13.0. The summed E-state index contributed by atoms with van der Waals surface area (Å²) < 4.78 is 11.5. The van der Waals surface area contributed by atoms with Gasteiger partial charge in [-0.3, -0.25) is 9.59 Å². The van der Waals surface area contributed by atoms with Crippen LogP contribution < -0.4 is 0 Å². The van der Waals surface area contributed by atoms with E-state index in [-0.39, 0.29) is 31.1 Å². The Labute approximate surface area is 125 Å². The van der Waals surface area contributed by atoms with E-state index in [0.29, 0.717) is 15.8 Å². The van der Waals surface area contributed by atoms with Crippen LogP contribution in [0.2, 0.25) is 0 Å². The molecule has 21 heavy (non-hydrogen) atoms. The van der Waals surface area contributed by atoms with Crippen LogP contribution in [0, 0.1) is 5.92 Å². The molecule has 3 rings (SSSR count). The Balaban J connectivity index is 2.00. The number of carbonyl (C=O) groups excluding carboxylic acids is 2.